The number of nitrogens with zero attached hydrogens (tertiary/aromatic N) is 15. The molecule has 10 aromatic rings. The van der Waals surface area contributed by atoms with Crippen molar-refractivity contribution in [3.63, 3.8) is 0 Å². The Morgan fingerprint density at radius 1 is 0.617 bits per heavy atom. The lowest BCUT2D eigenvalue weighted by Gasteiger charge is -2.34. The SMILES string of the molecule is COC(=O)N1c2ccc3c(nc(CCn4cccn4)n3CC(=O)NCc3ccn(C)n3)c2CC[C@@H]1C.COC(=O)N1c2ccc3c(nc(Cc4ccccc4)n3[C@@H](C)C3CCNCC3)c2CC[C@@H]1C.COC(=O)N1c2ccc3c(nc(Cc4cncc(OC5CC5)n4)n3[C@@H]3CCC[C@@H](C(C)=O)C3)c2CC[C@@H]1C. The van der Waals surface area contributed by atoms with Gasteiger partial charge in [0.05, 0.1) is 102 Å². The molecule has 1 saturated heterocycles. The summed E-state index contributed by atoms with van der Waals surface area (Å²) in [5.74, 6) is 4.21. The third kappa shape index (κ3) is 15.7. The molecule has 6 atom stereocenters. The van der Waals surface area contributed by atoms with Gasteiger partial charge in [0.25, 0.3) is 0 Å². The molecule has 0 spiro atoms. The molecule has 4 aromatic carbocycles. The van der Waals surface area contributed by atoms with E-state index < -0.39 is 0 Å². The fraction of sp³-hybridized carbons (Fsp3) is 0.481. The van der Waals surface area contributed by atoms with Gasteiger partial charge in [-0.2, -0.15) is 10.2 Å². The van der Waals surface area contributed by atoms with Crippen molar-refractivity contribution in [1.82, 2.24) is 68.8 Å². The van der Waals surface area contributed by atoms with Crippen LogP contribution in [0.3, 0.4) is 0 Å². The quantitative estimate of drug-likeness (QED) is 0.0802. The Bertz CT molecular complexity index is 4860. The first-order valence-electron chi connectivity index (χ1n) is 38.1. The summed E-state index contributed by atoms with van der Waals surface area (Å²) in [6.07, 6.45) is 23.5. The molecule has 16 rings (SSSR count). The van der Waals surface area contributed by atoms with E-state index in [0.717, 1.165) is 181 Å². The molecule has 2 aliphatic carbocycles. The van der Waals surface area contributed by atoms with Crippen molar-refractivity contribution in [2.24, 2.45) is 18.9 Å². The topological polar surface area (TPSA) is 271 Å². The number of Topliss-reactive ketones (excluding diaryl/α,β-unsaturated/α-hetero) is 1. The lowest BCUT2D eigenvalue weighted by Crippen LogP contribution is -2.42. The highest BCUT2D eigenvalue weighted by atomic mass is 16.6. The maximum Gasteiger partial charge on any atom is 0.414 e. The number of nitrogens with one attached hydrogen (secondary N) is 2. The summed E-state index contributed by atoms with van der Waals surface area (Å²) in [4.78, 5) is 92.8. The Labute approximate surface area is 623 Å². The van der Waals surface area contributed by atoms with E-state index in [0.29, 0.717) is 43.8 Å². The largest absolute Gasteiger partial charge is 0.473 e. The van der Waals surface area contributed by atoms with E-state index in [1.807, 2.05) is 72.9 Å². The summed E-state index contributed by atoms with van der Waals surface area (Å²) < 4.78 is 31.5. The van der Waals surface area contributed by atoms with Crippen molar-refractivity contribution in [2.45, 2.75) is 200 Å². The molecule has 0 bridgehead atoms. The van der Waals surface area contributed by atoms with Crippen molar-refractivity contribution in [1.29, 1.82) is 0 Å². The summed E-state index contributed by atoms with van der Waals surface area (Å²) in [5, 5.41) is 15.1. The molecule has 26 heteroatoms. The van der Waals surface area contributed by atoms with Gasteiger partial charge in [-0.25, -0.2) is 34.3 Å². The summed E-state index contributed by atoms with van der Waals surface area (Å²) in [5.41, 5.74) is 14.6. The number of carbonyl (C=O) groups is 5. The molecule has 2 N–H and O–H groups in total. The molecule has 107 heavy (non-hydrogen) atoms. The third-order valence-corrected chi connectivity index (χ3v) is 22.5. The van der Waals surface area contributed by atoms with Gasteiger partial charge in [-0.1, -0.05) is 36.8 Å². The summed E-state index contributed by atoms with van der Waals surface area (Å²) in [6, 6.07) is 27.3. The molecule has 562 valence electrons. The van der Waals surface area contributed by atoms with Crippen LogP contribution >= 0.6 is 0 Å². The number of aryl methyl sites for hydroxylation is 6. The minimum absolute atomic E-state index is 0.0288. The van der Waals surface area contributed by atoms with Gasteiger partial charge >= 0.3 is 18.3 Å². The fourth-order valence-corrected chi connectivity index (χ4v) is 16.7. The molecule has 6 aromatic heterocycles. The van der Waals surface area contributed by atoms with Crippen LogP contribution in [0.5, 0.6) is 5.88 Å². The van der Waals surface area contributed by atoms with Crippen molar-refractivity contribution < 1.29 is 42.9 Å². The monoisotopic (exact) mass is 1450 g/mol. The molecule has 3 fully saturated rings. The second-order valence-corrected chi connectivity index (χ2v) is 29.6. The van der Waals surface area contributed by atoms with Crippen LogP contribution in [-0.2, 0) is 89.0 Å². The van der Waals surface area contributed by atoms with Crippen LogP contribution in [0.4, 0.5) is 31.4 Å². The average Bonchev–Trinajstić information content (AvgIpc) is 1.68. The zero-order chi connectivity index (χ0) is 74.6. The van der Waals surface area contributed by atoms with E-state index in [4.69, 9.17) is 38.9 Å². The molecule has 10 heterocycles. The number of hydrogen-bond acceptors (Lipinski definition) is 17. The van der Waals surface area contributed by atoms with E-state index in [-0.39, 0.29) is 72.7 Å². The van der Waals surface area contributed by atoms with Gasteiger partial charge in [0.1, 0.15) is 35.9 Å². The minimum Gasteiger partial charge on any atom is -0.473 e. The summed E-state index contributed by atoms with van der Waals surface area (Å²) in [7, 11) is 6.12. The number of rotatable bonds is 17. The molecule has 4 aliphatic heterocycles. The molecular weight excluding hydrogens is 1360 g/mol. The number of methoxy groups -OCH3 is 3. The Balaban J connectivity index is 0.000000135. The predicted octanol–water partition coefficient (Wildman–Crippen LogP) is 12.7. The second-order valence-electron chi connectivity index (χ2n) is 29.6. The van der Waals surface area contributed by atoms with Gasteiger partial charge in [-0.05, 0) is 191 Å². The highest BCUT2D eigenvalue weighted by Crippen LogP contribution is 2.44. The van der Waals surface area contributed by atoms with Gasteiger partial charge in [0, 0.05) is 104 Å². The molecule has 6 aliphatic rings. The maximum absolute atomic E-state index is 13.0. The number of fused-ring (bicyclic) bond motifs is 9. The van der Waals surface area contributed by atoms with E-state index in [9.17, 15) is 24.0 Å². The summed E-state index contributed by atoms with van der Waals surface area (Å²) >= 11 is 0. The minimum atomic E-state index is -0.380. The van der Waals surface area contributed by atoms with E-state index in [2.05, 4.69) is 97.3 Å². The third-order valence-electron chi connectivity index (χ3n) is 22.5. The highest BCUT2D eigenvalue weighted by Gasteiger charge is 2.38. The normalized spacial score (nSPS) is 19.5. The molecule has 4 amide bonds. The maximum atomic E-state index is 13.0. The van der Waals surface area contributed by atoms with E-state index in [1.54, 1.807) is 44.9 Å². The number of anilines is 3. The smallest absolute Gasteiger partial charge is 0.414 e. The number of benzene rings is 4. The van der Waals surface area contributed by atoms with Crippen LogP contribution in [-0.4, -0.2) is 147 Å². The number of amides is 4. The lowest BCUT2D eigenvalue weighted by atomic mass is 9.83. The first kappa shape index (κ1) is 73.4. The zero-order valence-corrected chi connectivity index (χ0v) is 62.9. The predicted molar refractivity (Wildman–Crippen MR) is 408 cm³/mol. The summed E-state index contributed by atoms with van der Waals surface area (Å²) in [6.45, 7) is 13.5. The fourth-order valence-electron chi connectivity index (χ4n) is 16.7. The number of imidazole rings is 3. The van der Waals surface area contributed by atoms with Crippen LogP contribution in [0.1, 0.15) is 168 Å². The number of piperidine rings is 1. The number of aromatic nitrogens is 12. The van der Waals surface area contributed by atoms with Gasteiger partial charge in [-0.15, -0.1) is 0 Å². The van der Waals surface area contributed by atoms with Gasteiger partial charge < -0.3 is 43.3 Å². The van der Waals surface area contributed by atoms with Crippen molar-refractivity contribution >= 4 is 80.1 Å². The van der Waals surface area contributed by atoms with E-state index in [1.165, 1.54) is 50.8 Å². The zero-order valence-electron chi connectivity index (χ0n) is 62.9. The highest BCUT2D eigenvalue weighted by molar-refractivity contribution is 5.98. The van der Waals surface area contributed by atoms with Crippen LogP contribution in [0, 0.1) is 11.8 Å². The van der Waals surface area contributed by atoms with Crippen LogP contribution in [0.2, 0.25) is 0 Å². The van der Waals surface area contributed by atoms with Crippen LogP contribution in [0.15, 0.2) is 110 Å². The number of carbonyl (C=O) groups excluding carboxylic acids is 5. The Morgan fingerprint density at radius 3 is 1.80 bits per heavy atom. The number of hydrogen-bond donors (Lipinski definition) is 2. The van der Waals surface area contributed by atoms with Crippen molar-refractivity contribution in [3.8, 4) is 5.88 Å². The van der Waals surface area contributed by atoms with E-state index >= 15 is 0 Å². The molecular formula is C81H99N17O9. The molecule has 2 saturated carbocycles. The van der Waals surface area contributed by atoms with Gasteiger partial charge in [0.15, 0.2) is 0 Å². The molecule has 0 radical (unpaired) electrons. The number of ketones is 1. The average molecular weight is 1450 g/mol. The Kier molecular flexibility index (Phi) is 22.2. The number of ether oxygens (including phenoxy) is 4. The standard InChI is InChI=1S/C29H35N5O4.C27H34N4O2.C25H30N8O3/c1-17-7-10-23-24(33(17)29(36)37-3)11-12-25-28(23)32-26(34(25)21-6-4-5-19(13-21)18(2)35)14-20-15-30-16-27(31-20)38-22-8-9-22;1-18-9-10-22-23(30(18)27(32)33-3)11-12-24-26(22)29-25(17-20-7-5-4-6-8-20)31(24)19(2)21-13-15-28-16-14-21;1-17-5-6-19-20(33(17)25(35)36-3)7-8-21-24(19)28-22(10-14-31-12-4-11-27-31)32(21)16-23(34)26-15-18-9-13-30(2)29-18/h11-12,15-17,19,21-22H,4-10,13-14H2,1-3H3;4-8,11-12,18-19,21,28H,9-10,13-17H2,1-3H3;4,7-9,11-13,17H,5-6,10,14-16H2,1-3H3,(H,26,34)/t17-,19+,21+;18-,19-;17-/m000/s1. The Morgan fingerprint density at radius 2 is 1.21 bits per heavy atom. The van der Waals surface area contributed by atoms with Crippen LogP contribution in [0.25, 0.3) is 33.1 Å². The van der Waals surface area contributed by atoms with Gasteiger partial charge in [-0.3, -0.25) is 38.6 Å². The lowest BCUT2D eigenvalue weighted by molar-refractivity contribution is -0.122. The Hall–Kier alpha value is -10.5. The van der Waals surface area contributed by atoms with Crippen LogP contribution < -0.4 is 30.1 Å². The molecule has 0 unspecified atom stereocenters. The second kappa shape index (κ2) is 32.3. The molecule has 26 nitrogen and oxygen atoms in total. The van der Waals surface area contributed by atoms with Crippen molar-refractivity contribution in [2.75, 3.05) is 49.1 Å². The first-order chi connectivity index (χ1) is 51.9. The van der Waals surface area contributed by atoms with Crippen molar-refractivity contribution in [3.05, 3.63) is 161 Å². The van der Waals surface area contributed by atoms with Gasteiger partial charge in [0.2, 0.25) is 11.8 Å². The first-order valence-corrected chi connectivity index (χ1v) is 38.1.